The summed E-state index contributed by atoms with van der Waals surface area (Å²) in [6.07, 6.45) is 2.62. The van der Waals surface area contributed by atoms with E-state index in [1.54, 1.807) is 0 Å². The molecule has 0 saturated carbocycles. The van der Waals surface area contributed by atoms with Crippen molar-refractivity contribution in [1.29, 1.82) is 0 Å². The summed E-state index contributed by atoms with van der Waals surface area (Å²) >= 11 is 12.2. The van der Waals surface area contributed by atoms with Gasteiger partial charge < -0.3 is 0 Å². The molecule has 0 unspecified atom stereocenters. The Bertz CT molecular complexity index is 1050. The lowest BCUT2D eigenvalue weighted by atomic mass is 10.0. The second-order valence-corrected chi connectivity index (χ2v) is 6.63. The van der Waals surface area contributed by atoms with Crippen LogP contribution in [0.5, 0.6) is 0 Å². The predicted octanol–water partition coefficient (Wildman–Crippen LogP) is 5.93. The van der Waals surface area contributed by atoms with Crippen LogP contribution in [-0.4, -0.2) is 14.6 Å². The number of hydrogen-bond donors (Lipinski definition) is 0. The van der Waals surface area contributed by atoms with Crippen molar-refractivity contribution in [3.8, 4) is 22.4 Å². The fourth-order valence-corrected chi connectivity index (χ4v) is 3.33. The van der Waals surface area contributed by atoms with Gasteiger partial charge in [0, 0.05) is 27.4 Å². The van der Waals surface area contributed by atoms with E-state index in [4.69, 9.17) is 28.3 Å². The van der Waals surface area contributed by atoms with Crippen LogP contribution in [0.25, 0.3) is 28.0 Å². The monoisotopic (exact) mass is 367 g/mol. The molecule has 0 radical (unpaired) electrons. The Morgan fingerprint density at radius 3 is 2.44 bits per heavy atom. The van der Waals surface area contributed by atoms with Crippen LogP contribution in [0.3, 0.4) is 0 Å². The molecule has 124 valence electrons. The third-order valence-corrected chi connectivity index (χ3v) is 4.67. The standard InChI is InChI=1S/C20H15Cl2N3/c1-2-17-19(14-4-3-5-16(22)12-14)20-23-11-10-18(25(20)24-17)13-6-8-15(21)9-7-13/h3-12H,2H2,1H3. The van der Waals surface area contributed by atoms with Gasteiger partial charge in [-0.25, -0.2) is 9.50 Å². The number of halogens is 2. The van der Waals surface area contributed by atoms with Crippen molar-refractivity contribution in [2.45, 2.75) is 13.3 Å². The maximum Gasteiger partial charge on any atom is 0.163 e. The molecule has 5 heteroatoms. The van der Waals surface area contributed by atoms with Crippen LogP contribution in [0, 0.1) is 0 Å². The molecule has 2 aromatic heterocycles. The highest BCUT2D eigenvalue weighted by molar-refractivity contribution is 6.31. The van der Waals surface area contributed by atoms with Crippen molar-refractivity contribution in [1.82, 2.24) is 14.6 Å². The van der Waals surface area contributed by atoms with E-state index in [1.165, 1.54) is 0 Å². The second-order valence-electron chi connectivity index (χ2n) is 5.76. The minimum absolute atomic E-state index is 0.702. The van der Waals surface area contributed by atoms with E-state index in [2.05, 4.69) is 11.9 Å². The Hall–Kier alpha value is -2.36. The molecule has 0 aliphatic carbocycles. The van der Waals surface area contributed by atoms with Crippen LogP contribution in [0.1, 0.15) is 12.6 Å². The average Bonchev–Trinajstić information content (AvgIpc) is 3.01. The number of fused-ring (bicyclic) bond motifs is 1. The van der Waals surface area contributed by atoms with Crippen LogP contribution in [0.15, 0.2) is 60.8 Å². The Kier molecular flexibility index (Phi) is 4.20. The van der Waals surface area contributed by atoms with E-state index >= 15 is 0 Å². The number of benzene rings is 2. The Morgan fingerprint density at radius 1 is 0.920 bits per heavy atom. The van der Waals surface area contributed by atoms with Crippen LogP contribution >= 0.6 is 23.2 Å². The van der Waals surface area contributed by atoms with Gasteiger partial charge in [-0.15, -0.1) is 0 Å². The molecule has 0 spiro atoms. The lowest BCUT2D eigenvalue weighted by Crippen LogP contribution is -1.96. The number of rotatable bonds is 3. The summed E-state index contributed by atoms with van der Waals surface area (Å²) in [5.41, 5.74) is 5.90. The highest BCUT2D eigenvalue weighted by atomic mass is 35.5. The van der Waals surface area contributed by atoms with E-state index in [9.17, 15) is 0 Å². The first-order chi connectivity index (χ1) is 12.2. The Balaban J connectivity index is 1.99. The zero-order chi connectivity index (χ0) is 17.4. The fraction of sp³-hybridized carbons (Fsp3) is 0.100. The molecular weight excluding hydrogens is 353 g/mol. The molecule has 0 atom stereocenters. The van der Waals surface area contributed by atoms with Gasteiger partial charge in [-0.1, -0.05) is 54.4 Å². The molecule has 4 aromatic rings. The SMILES string of the molecule is CCc1nn2c(-c3ccc(Cl)cc3)ccnc2c1-c1cccc(Cl)c1. The summed E-state index contributed by atoms with van der Waals surface area (Å²) in [6, 6.07) is 17.5. The van der Waals surface area contributed by atoms with Gasteiger partial charge in [0.15, 0.2) is 5.65 Å². The topological polar surface area (TPSA) is 30.2 Å². The third-order valence-electron chi connectivity index (χ3n) is 4.18. The summed E-state index contributed by atoms with van der Waals surface area (Å²) < 4.78 is 1.90. The summed E-state index contributed by atoms with van der Waals surface area (Å²) in [7, 11) is 0. The molecule has 0 saturated heterocycles. The number of aromatic nitrogens is 3. The van der Waals surface area contributed by atoms with Crippen LogP contribution in [0.2, 0.25) is 10.0 Å². The molecule has 0 aliphatic heterocycles. The van der Waals surface area contributed by atoms with Gasteiger partial charge in [0.25, 0.3) is 0 Å². The summed E-state index contributed by atoms with van der Waals surface area (Å²) in [6.45, 7) is 2.10. The maximum absolute atomic E-state index is 6.19. The maximum atomic E-state index is 6.19. The molecule has 4 rings (SSSR count). The van der Waals surface area contributed by atoms with Gasteiger partial charge in [0.2, 0.25) is 0 Å². The molecule has 2 heterocycles. The van der Waals surface area contributed by atoms with E-state index in [1.807, 2.05) is 65.3 Å². The largest absolute Gasteiger partial charge is 0.236 e. The molecular formula is C20H15Cl2N3. The predicted molar refractivity (Wildman–Crippen MR) is 103 cm³/mol. The fourth-order valence-electron chi connectivity index (χ4n) is 3.02. The normalized spacial score (nSPS) is 11.2. The first-order valence-electron chi connectivity index (χ1n) is 8.06. The van der Waals surface area contributed by atoms with Crippen LogP contribution in [0.4, 0.5) is 0 Å². The average molecular weight is 368 g/mol. The Morgan fingerprint density at radius 2 is 1.72 bits per heavy atom. The Labute approximate surface area is 155 Å². The van der Waals surface area contributed by atoms with E-state index in [-0.39, 0.29) is 0 Å². The van der Waals surface area contributed by atoms with Crippen LogP contribution < -0.4 is 0 Å². The summed E-state index contributed by atoms with van der Waals surface area (Å²) in [5.74, 6) is 0. The van der Waals surface area contributed by atoms with Crippen LogP contribution in [-0.2, 0) is 6.42 Å². The first-order valence-corrected chi connectivity index (χ1v) is 8.81. The van der Waals surface area contributed by atoms with E-state index in [0.29, 0.717) is 10.0 Å². The molecule has 0 aliphatic rings. The minimum atomic E-state index is 0.702. The molecule has 25 heavy (non-hydrogen) atoms. The van der Waals surface area contributed by atoms with Gasteiger partial charge in [-0.2, -0.15) is 5.10 Å². The van der Waals surface area contributed by atoms with Crippen molar-refractivity contribution in [3.05, 3.63) is 76.5 Å². The van der Waals surface area contributed by atoms with Gasteiger partial charge >= 0.3 is 0 Å². The van der Waals surface area contributed by atoms with Gasteiger partial charge in [0.1, 0.15) is 0 Å². The van der Waals surface area contributed by atoms with E-state index in [0.717, 1.165) is 40.1 Å². The molecule has 0 N–H and O–H groups in total. The zero-order valence-electron chi connectivity index (χ0n) is 13.6. The quantitative estimate of drug-likeness (QED) is 0.448. The lowest BCUT2D eigenvalue weighted by molar-refractivity contribution is 0.894. The number of aryl methyl sites for hydroxylation is 1. The zero-order valence-corrected chi connectivity index (χ0v) is 15.1. The van der Waals surface area contributed by atoms with Gasteiger partial charge in [-0.3, -0.25) is 0 Å². The molecule has 2 aromatic carbocycles. The molecule has 0 amide bonds. The molecule has 0 bridgehead atoms. The van der Waals surface area contributed by atoms with Gasteiger partial charge in [-0.05, 0) is 42.3 Å². The van der Waals surface area contributed by atoms with Crippen molar-refractivity contribution < 1.29 is 0 Å². The third kappa shape index (κ3) is 2.90. The van der Waals surface area contributed by atoms with Crippen molar-refractivity contribution in [2.75, 3.05) is 0 Å². The second kappa shape index (κ2) is 6.51. The number of nitrogens with zero attached hydrogens (tertiary/aromatic N) is 3. The summed E-state index contributed by atoms with van der Waals surface area (Å²) in [5, 5.41) is 6.23. The summed E-state index contributed by atoms with van der Waals surface area (Å²) in [4.78, 5) is 4.59. The van der Waals surface area contributed by atoms with E-state index < -0.39 is 0 Å². The molecule has 3 nitrogen and oxygen atoms in total. The minimum Gasteiger partial charge on any atom is -0.236 e. The smallest absolute Gasteiger partial charge is 0.163 e. The van der Waals surface area contributed by atoms with Crippen molar-refractivity contribution in [2.24, 2.45) is 0 Å². The highest BCUT2D eigenvalue weighted by Crippen LogP contribution is 2.32. The first kappa shape index (κ1) is 16.1. The lowest BCUT2D eigenvalue weighted by Gasteiger charge is -2.05. The number of hydrogen-bond acceptors (Lipinski definition) is 2. The molecule has 0 fully saturated rings. The highest BCUT2D eigenvalue weighted by Gasteiger charge is 2.17. The van der Waals surface area contributed by atoms with Crippen molar-refractivity contribution >= 4 is 28.8 Å². The van der Waals surface area contributed by atoms with Gasteiger partial charge in [0.05, 0.1) is 11.4 Å². The van der Waals surface area contributed by atoms with Crippen molar-refractivity contribution in [3.63, 3.8) is 0 Å².